The van der Waals surface area contributed by atoms with E-state index < -0.39 is 0 Å². The number of rotatable bonds is 5. The molecule has 0 radical (unpaired) electrons. The Labute approximate surface area is 99.3 Å². The van der Waals surface area contributed by atoms with Gasteiger partial charge in [0, 0.05) is 20.2 Å². The molecule has 2 fully saturated rings. The summed E-state index contributed by atoms with van der Waals surface area (Å²) in [6.07, 6.45) is 6.43. The molecule has 2 aliphatic rings. The Kier molecular flexibility index (Phi) is 3.57. The van der Waals surface area contributed by atoms with Crippen molar-refractivity contribution in [2.45, 2.75) is 44.6 Å². The van der Waals surface area contributed by atoms with Gasteiger partial charge in [0.25, 0.3) is 0 Å². The minimum atomic E-state index is 0.0804. The van der Waals surface area contributed by atoms with Crippen LogP contribution in [0.4, 0.5) is 0 Å². The van der Waals surface area contributed by atoms with E-state index in [1.54, 1.807) is 0 Å². The molecule has 94 valence electrons. The van der Waals surface area contributed by atoms with Crippen LogP contribution in [-0.4, -0.2) is 43.8 Å². The average Bonchev–Trinajstić information content (AvgIpc) is 2.99. The summed E-state index contributed by atoms with van der Waals surface area (Å²) in [7, 11) is 1.84. The highest BCUT2D eigenvalue weighted by Gasteiger charge is 2.44. The fourth-order valence-corrected chi connectivity index (χ4v) is 3.05. The fourth-order valence-electron chi connectivity index (χ4n) is 3.05. The summed E-state index contributed by atoms with van der Waals surface area (Å²) in [5.74, 6) is 0. The van der Waals surface area contributed by atoms with Gasteiger partial charge in [-0.2, -0.15) is 0 Å². The highest BCUT2D eigenvalue weighted by Crippen LogP contribution is 2.49. The summed E-state index contributed by atoms with van der Waals surface area (Å²) >= 11 is 0. The van der Waals surface area contributed by atoms with E-state index in [9.17, 15) is 0 Å². The third-order valence-corrected chi connectivity index (χ3v) is 4.42. The van der Waals surface area contributed by atoms with Gasteiger partial charge in [0.1, 0.15) is 0 Å². The summed E-state index contributed by atoms with van der Waals surface area (Å²) in [6.45, 7) is 6.65. The van der Waals surface area contributed by atoms with Crippen LogP contribution in [0.5, 0.6) is 0 Å². The standard InChI is InChI=1S/C13H26N2O/c1-12(16-2)4-3-9-15(10-12)11-13(5-6-13)7-8-14/h3-11,14H2,1-2H3. The van der Waals surface area contributed by atoms with Crippen LogP contribution in [-0.2, 0) is 4.74 Å². The SMILES string of the molecule is COC1(C)CCCN(CC2(CCN)CC2)C1. The number of hydrogen-bond acceptors (Lipinski definition) is 3. The molecule has 1 aliphatic carbocycles. The molecule has 0 spiro atoms. The zero-order valence-corrected chi connectivity index (χ0v) is 10.8. The van der Waals surface area contributed by atoms with Gasteiger partial charge in [-0.25, -0.2) is 0 Å². The van der Waals surface area contributed by atoms with Gasteiger partial charge < -0.3 is 10.5 Å². The van der Waals surface area contributed by atoms with Crippen molar-refractivity contribution < 1.29 is 4.74 Å². The number of ether oxygens (including phenoxy) is 1. The van der Waals surface area contributed by atoms with Crippen LogP contribution in [0.3, 0.4) is 0 Å². The molecule has 0 aromatic carbocycles. The predicted octanol–water partition coefficient (Wildman–Crippen LogP) is 1.62. The zero-order valence-electron chi connectivity index (χ0n) is 10.8. The maximum atomic E-state index is 5.70. The number of piperidine rings is 1. The number of hydrogen-bond donors (Lipinski definition) is 1. The third kappa shape index (κ3) is 2.76. The Bertz CT molecular complexity index is 240. The third-order valence-electron chi connectivity index (χ3n) is 4.42. The molecule has 0 bridgehead atoms. The fraction of sp³-hybridized carbons (Fsp3) is 1.00. The lowest BCUT2D eigenvalue weighted by Gasteiger charge is -2.41. The molecule has 0 amide bonds. The Morgan fingerprint density at radius 3 is 2.62 bits per heavy atom. The molecule has 2 N–H and O–H groups in total. The molecular formula is C13H26N2O. The number of nitrogens with two attached hydrogens (primary N) is 1. The molecule has 1 saturated heterocycles. The van der Waals surface area contributed by atoms with Crippen LogP contribution in [0.1, 0.15) is 39.0 Å². The van der Waals surface area contributed by atoms with E-state index in [1.807, 2.05) is 7.11 Å². The van der Waals surface area contributed by atoms with Crippen LogP contribution in [0.25, 0.3) is 0 Å². The summed E-state index contributed by atoms with van der Waals surface area (Å²) in [6, 6.07) is 0. The van der Waals surface area contributed by atoms with Crippen LogP contribution in [0.2, 0.25) is 0 Å². The monoisotopic (exact) mass is 226 g/mol. The Morgan fingerprint density at radius 2 is 2.06 bits per heavy atom. The lowest BCUT2D eigenvalue weighted by molar-refractivity contribution is -0.0548. The minimum absolute atomic E-state index is 0.0804. The molecule has 1 saturated carbocycles. The zero-order chi connectivity index (χ0) is 11.6. The first-order valence-corrected chi connectivity index (χ1v) is 6.59. The van der Waals surface area contributed by atoms with Gasteiger partial charge in [0.05, 0.1) is 5.60 Å². The minimum Gasteiger partial charge on any atom is -0.377 e. The van der Waals surface area contributed by atoms with Crippen LogP contribution in [0, 0.1) is 5.41 Å². The second-order valence-corrected chi connectivity index (χ2v) is 6.01. The highest BCUT2D eigenvalue weighted by molar-refractivity contribution is 4.97. The van der Waals surface area contributed by atoms with Gasteiger partial charge in [0.15, 0.2) is 0 Å². The van der Waals surface area contributed by atoms with Crippen molar-refractivity contribution in [3.8, 4) is 0 Å². The molecule has 1 unspecified atom stereocenters. The highest BCUT2D eigenvalue weighted by atomic mass is 16.5. The van der Waals surface area contributed by atoms with Crippen molar-refractivity contribution in [2.24, 2.45) is 11.1 Å². The Hall–Kier alpha value is -0.120. The first-order chi connectivity index (χ1) is 7.61. The van der Waals surface area contributed by atoms with E-state index >= 15 is 0 Å². The van der Waals surface area contributed by atoms with Gasteiger partial charge in [-0.1, -0.05) is 0 Å². The lowest BCUT2D eigenvalue weighted by atomic mass is 9.92. The number of methoxy groups -OCH3 is 1. The maximum Gasteiger partial charge on any atom is 0.0777 e. The van der Waals surface area contributed by atoms with E-state index in [4.69, 9.17) is 10.5 Å². The van der Waals surface area contributed by atoms with E-state index in [0.29, 0.717) is 5.41 Å². The van der Waals surface area contributed by atoms with Crippen LogP contribution < -0.4 is 5.73 Å². The summed E-state index contributed by atoms with van der Waals surface area (Å²) in [5.41, 5.74) is 6.35. The van der Waals surface area contributed by atoms with Crippen molar-refractivity contribution in [2.75, 3.05) is 33.3 Å². The van der Waals surface area contributed by atoms with Crippen LogP contribution >= 0.6 is 0 Å². The molecule has 0 aromatic heterocycles. The molecule has 0 aromatic rings. The molecule has 2 rings (SSSR count). The van der Waals surface area contributed by atoms with Crippen LogP contribution in [0.15, 0.2) is 0 Å². The van der Waals surface area contributed by atoms with E-state index in [0.717, 1.165) is 13.1 Å². The average molecular weight is 226 g/mol. The topological polar surface area (TPSA) is 38.5 Å². The predicted molar refractivity (Wildman–Crippen MR) is 66.4 cm³/mol. The van der Waals surface area contributed by atoms with Gasteiger partial charge in [-0.05, 0) is 57.5 Å². The molecule has 1 aliphatic heterocycles. The quantitative estimate of drug-likeness (QED) is 0.774. The van der Waals surface area contributed by atoms with E-state index in [-0.39, 0.29) is 5.60 Å². The summed E-state index contributed by atoms with van der Waals surface area (Å²) in [4.78, 5) is 2.59. The molecule has 3 heteroatoms. The van der Waals surface area contributed by atoms with Crippen molar-refractivity contribution in [3.63, 3.8) is 0 Å². The first kappa shape index (κ1) is 12.3. The first-order valence-electron chi connectivity index (χ1n) is 6.59. The lowest BCUT2D eigenvalue weighted by Crippen LogP contribution is -2.49. The van der Waals surface area contributed by atoms with Crippen molar-refractivity contribution in [3.05, 3.63) is 0 Å². The van der Waals surface area contributed by atoms with E-state index in [2.05, 4.69) is 11.8 Å². The molecule has 3 nitrogen and oxygen atoms in total. The summed E-state index contributed by atoms with van der Waals surface area (Å²) in [5, 5.41) is 0. The van der Waals surface area contributed by atoms with E-state index in [1.165, 1.54) is 45.2 Å². The van der Waals surface area contributed by atoms with Crippen molar-refractivity contribution >= 4 is 0 Å². The largest absolute Gasteiger partial charge is 0.377 e. The van der Waals surface area contributed by atoms with Crippen molar-refractivity contribution in [1.82, 2.24) is 4.90 Å². The maximum absolute atomic E-state index is 5.70. The normalized spacial score (nSPS) is 33.9. The van der Waals surface area contributed by atoms with Crippen molar-refractivity contribution in [1.29, 1.82) is 0 Å². The second kappa shape index (κ2) is 4.63. The molecule has 16 heavy (non-hydrogen) atoms. The van der Waals surface area contributed by atoms with Gasteiger partial charge in [0.2, 0.25) is 0 Å². The van der Waals surface area contributed by atoms with Gasteiger partial charge in [-0.3, -0.25) is 4.90 Å². The molecular weight excluding hydrogens is 200 g/mol. The Balaban J connectivity index is 1.86. The molecule has 1 atom stereocenters. The van der Waals surface area contributed by atoms with Gasteiger partial charge >= 0.3 is 0 Å². The smallest absolute Gasteiger partial charge is 0.0777 e. The second-order valence-electron chi connectivity index (χ2n) is 6.01. The Morgan fingerprint density at radius 1 is 1.31 bits per heavy atom. The van der Waals surface area contributed by atoms with Gasteiger partial charge in [-0.15, -0.1) is 0 Å². The number of likely N-dealkylation sites (tertiary alicyclic amines) is 1. The molecule has 1 heterocycles. The summed E-state index contributed by atoms with van der Waals surface area (Å²) < 4.78 is 5.64. The number of nitrogens with zero attached hydrogens (tertiary/aromatic N) is 1.